The van der Waals surface area contributed by atoms with Gasteiger partial charge in [-0.2, -0.15) is 0 Å². The lowest BCUT2D eigenvalue weighted by Crippen LogP contribution is -2.42. The first-order valence-electron chi connectivity index (χ1n) is 5.22. The van der Waals surface area contributed by atoms with Crippen molar-refractivity contribution in [1.29, 1.82) is 0 Å². The molecule has 0 atom stereocenters. The molecule has 1 fully saturated rings. The van der Waals surface area contributed by atoms with Gasteiger partial charge in [0, 0.05) is 41.6 Å². The van der Waals surface area contributed by atoms with Gasteiger partial charge < -0.3 is 4.90 Å². The number of hydrogen-bond donors (Lipinski definition) is 0. The molecule has 1 rings (SSSR count). The average Bonchev–Trinajstić information content (AvgIpc) is 2.31. The predicted molar refractivity (Wildman–Crippen MR) is 76.2 cm³/mol. The van der Waals surface area contributed by atoms with Crippen LogP contribution in [0.15, 0.2) is 28.9 Å². The molecule has 0 unspecified atom stereocenters. The predicted octanol–water partition coefficient (Wildman–Crippen LogP) is 3.82. The molecule has 0 aliphatic carbocycles. The normalized spacial score (nSPS) is 21.5. The van der Waals surface area contributed by atoms with Crippen LogP contribution in [0.25, 0.3) is 0 Å². The molecule has 0 bridgehead atoms. The molecular weight excluding hydrogens is 360 g/mol. The number of piperidine rings is 1. The van der Waals surface area contributed by atoms with Gasteiger partial charge in [0.05, 0.1) is 0 Å². The number of likely N-dealkylation sites (tertiary alicyclic amines) is 1. The van der Waals surface area contributed by atoms with Crippen molar-refractivity contribution in [3.8, 4) is 0 Å². The van der Waals surface area contributed by atoms with Crippen molar-refractivity contribution in [2.24, 2.45) is 4.99 Å². The molecule has 1 aliphatic rings. The molecule has 96 valence electrons. The average molecular weight is 375 g/mol. The highest BCUT2D eigenvalue weighted by molar-refractivity contribution is 14.1. The lowest BCUT2D eigenvalue weighted by Gasteiger charge is -2.32. The van der Waals surface area contributed by atoms with Crippen LogP contribution in [0.4, 0.5) is 8.78 Å². The Morgan fingerprint density at radius 3 is 2.53 bits per heavy atom. The highest BCUT2D eigenvalue weighted by Gasteiger charge is 2.34. The molecule has 0 aromatic heterocycles. The van der Waals surface area contributed by atoms with Gasteiger partial charge in [0.25, 0.3) is 5.92 Å². The van der Waals surface area contributed by atoms with Crippen molar-refractivity contribution in [2.75, 3.05) is 17.5 Å². The van der Waals surface area contributed by atoms with E-state index in [1.54, 1.807) is 11.0 Å². The van der Waals surface area contributed by atoms with Crippen LogP contribution in [0.2, 0.25) is 0 Å². The largest absolute Gasteiger partial charge is 0.356 e. The maximum atomic E-state index is 13.0. The molecular formula is C11H14ClF2IN2. The summed E-state index contributed by atoms with van der Waals surface area (Å²) in [4.78, 5) is 5.97. The second-order valence-electron chi connectivity index (χ2n) is 3.74. The first-order valence-corrected chi connectivity index (χ1v) is 7.12. The van der Waals surface area contributed by atoms with Gasteiger partial charge in [-0.25, -0.2) is 13.8 Å². The van der Waals surface area contributed by atoms with Crippen molar-refractivity contribution in [2.45, 2.75) is 18.8 Å². The van der Waals surface area contributed by atoms with Crippen LogP contribution in [-0.2, 0) is 0 Å². The van der Waals surface area contributed by atoms with Gasteiger partial charge in [0.2, 0.25) is 0 Å². The minimum Gasteiger partial charge on any atom is -0.356 e. The molecule has 0 saturated carbocycles. The first kappa shape index (κ1) is 14.9. The van der Waals surface area contributed by atoms with E-state index in [1.165, 1.54) is 6.20 Å². The Kier molecular flexibility index (Phi) is 5.85. The Morgan fingerprint density at radius 1 is 1.47 bits per heavy atom. The number of rotatable bonds is 3. The van der Waals surface area contributed by atoms with E-state index < -0.39 is 5.92 Å². The van der Waals surface area contributed by atoms with Crippen LogP contribution in [0.1, 0.15) is 12.8 Å². The Bertz CT molecular complexity index is 332. The Hall–Kier alpha value is -0.170. The molecule has 2 nitrogen and oxygen atoms in total. The summed E-state index contributed by atoms with van der Waals surface area (Å²) in [5, 5.41) is 0.618. The number of aliphatic imine (C=N–C) groups is 1. The molecule has 1 aliphatic heterocycles. The second-order valence-corrected chi connectivity index (χ2v) is 4.99. The quantitative estimate of drug-likeness (QED) is 0.317. The molecule has 0 spiro atoms. The van der Waals surface area contributed by atoms with E-state index in [9.17, 15) is 8.78 Å². The fraction of sp³-hybridized carbons (Fsp3) is 0.545. The van der Waals surface area contributed by atoms with Crippen LogP contribution in [0.3, 0.4) is 0 Å². The minimum absolute atomic E-state index is 0.135. The number of halogens is 4. The van der Waals surface area contributed by atoms with Crippen LogP contribution in [0, 0.1) is 0 Å². The van der Waals surface area contributed by atoms with Crippen LogP contribution in [0.5, 0.6) is 0 Å². The van der Waals surface area contributed by atoms with Gasteiger partial charge in [-0.05, 0) is 6.08 Å². The molecule has 0 aromatic carbocycles. The summed E-state index contributed by atoms with van der Waals surface area (Å²) in [7, 11) is 0. The zero-order valence-corrected chi connectivity index (χ0v) is 12.2. The molecule has 1 heterocycles. The van der Waals surface area contributed by atoms with Gasteiger partial charge >= 0.3 is 0 Å². The van der Waals surface area contributed by atoms with Crippen molar-refractivity contribution in [3.63, 3.8) is 0 Å². The molecule has 0 radical (unpaired) electrons. The summed E-state index contributed by atoms with van der Waals surface area (Å²) in [5.41, 5.74) is 0. The van der Waals surface area contributed by atoms with Gasteiger partial charge in [0.15, 0.2) is 0 Å². The SMILES string of the molecule is C=CC(=N/C=C(/Cl)CI)N1CCC(F)(F)CC1. The molecule has 0 N–H and O–H groups in total. The Morgan fingerprint density at radius 2 is 2.06 bits per heavy atom. The van der Waals surface area contributed by atoms with E-state index in [0.717, 1.165) is 0 Å². The zero-order chi connectivity index (χ0) is 12.9. The van der Waals surface area contributed by atoms with Crippen molar-refractivity contribution < 1.29 is 8.78 Å². The Balaban J connectivity index is 2.67. The highest BCUT2D eigenvalue weighted by Crippen LogP contribution is 2.27. The van der Waals surface area contributed by atoms with E-state index in [-0.39, 0.29) is 12.8 Å². The third kappa shape index (κ3) is 4.91. The first-order chi connectivity index (χ1) is 7.98. The summed E-state index contributed by atoms with van der Waals surface area (Å²) in [6.45, 7) is 4.24. The van der Waals surface area contributed by atoms with Gasteiger partial charge in [-0.1, -0.05) is 40.8 Å². The number of hydrogen-bond acceptors (Lipinski definition) is 1. The lowest BCUT2D eigenvalue weighted by molar-refractivity contribution is -0.0433. The van der Waals surface area contributed by atoms with E-state index in [2.05, 4.69) is 34.2 Å². The maximum Gasteiger partial charge on any atom is 0.251 e. The number of amidine groups is 1. The monoisotopic (exact) mass is 374 g/mol. The van der Waals surface area contributed by atoms with Crippen molar-refractivity contribution in [3.05, 3.63) is 23.9 Å². The van der Waals surface area contributed by atoms with Crippen molar-refractivity contribution >= 4 is 40.0 Å². The van der Waals surface area contributed by atoms with Crippen LogP contribution < -0.4 is 0 Å². The topological polar surface area (TPSA) is 15.6 Å². The van der Waals surface area contributed by atoms with Crippen molar-refractivity contribution in [1.82, 2.24) is 4.90 Å². The summed E-state index contributed by atoms with van der Waals surface area (Å²) in [6.07, 6.45) is 2.84. The fourth-order valence-corrected chi connectivity index (χ4v) is 1.74. The lowest BCUT2D eigenvalue weighted by atomic mass is 10.1. The molecule has 0 aromatic rings. The summed E-state index contributed by atoms with van der Waals surface area (Å²) in [6, 6.07) is 0. The molecule has 6 heteroatoms. The van der Waals surface area contributed by atoms with Crippen LogP contribution >= 0.6 is 34.2 Å². The number of nitrogens with zero attached hydrogens (tertiary/aromatic N) is 2. The Labute approximate surface area is 119 Å². The van der Waals surface area contributed by atoms with E-state index in [0.29, 0.717) is 28.4 Å². The minimum atomic E-state index is -2.54. The summed E-state index contributed by atoms with van der Waals surface area (Å²) < 4.78 is 26.6. The fourth-order valence-electron chi connectivity index (χ4n) is 1.50. The zero-order valence-electron chi connectivity index (χ0n) is 9.30. The maximum absolute atomic E-state index is 13.0. The number of alkyl halides is 3. The molecule has 17 heavy (non-hydrogen) atoms. The summed E-state index contributed by atoms with van der Waals surface area (Å²) in [5.74, 6) is -1.94. The molecule has 0 amide bonds. The van der Waals surface area contributed by atoms with E-state index >= 15 is 0 Å². The highest BCUT2D eigenvalue weighted by atomic mass is 127. The molecule has 1 saturated heterocycles. The van der Waals surface area contributed by atoms with Gasteiger partial charge in [0.1, 0.15) is 5.84 Å². The smallest absolute Gasteiger partial charge is 0.251 e. The third-order valence-electron chi connectivity index (χ3n) is 2.47. The standard InChI is InChI=1S/C11H14ClF2IN2/c1-2-10(16-8-9(12)7-15)17-5-3-11(13,14)4-6-17/h2,8H,1,3-7H2/b9-8+,16-10?. The van der Waals surface area contributed by atoms with Gasteiger partial charge in [-0.15, -0.1) is 0 Å². The third-order valence-corrected chi connectivity index (χ3v) is 3.97. The summed E-state index contributed by atoms with van der Waals surface area (Å²) >= 11 is 7.95. The van der Waals surface area contributed by atoms with E-state index in [1.807, 2.05) is 0 Å². The van der Waals surface area contributed by atoms with Gasteiger partial charge in [-0.3, -0.25) is 0 Å². The second kappa shape index (κ2) is 6.68. The van der Waals surface area contributed by atoms with E-state index in [4.69, 9.17) is 11.6 Å². The van der Waals surface area contributed by atoms with Crippen LogP contribution in [-0.4, -0.2) is 34.2 Å². The number of allylic oxidation sites excluding steroid dienone is 1.